The second-order valence-corrected chi connectivity index (χ2v) is 4.03. The lowest BCUT2D eigenvalue weighted by Crippen LogP contribution is -2.01. The van der Waals surface area contributed by atoms with E-state index in [1.807, 2.05) is 13.8 Å². The minimum atomic E-state index is -0.264. The van der Waals surface area contributed by atoms with Crippen LogP contribution in [0.5, 0.6) is 5.75 Å². The van der Waals surface area contributed by atoms with Crippen molar-refractivity contribution >= 4 is 0 Å². The smallest absolute Gasteiger partial charge is 0.159 e. The molecule has 0 fully saturated rings. The number of H-pyrrole nitrogens is 1. The number of nitrogens with zero attached hydrogens (tertiary/aromatic N) is 2. The van der Waals surface area contributed by atoms with Gasteiger partial charge < -0.3 is 4.74 Å². The van der Waals surface area contributed by atoms with Gasteiger partial charge in [-0.15, -0.1) is 0 Å². The number of aromatic nitrogens is 3. The maximum atomic E-state index is 13.8. The molecule has 0 amide bonds. The summed E-state index contributed by atoms with van der Waals surface area (Å²) in [6, 6.07) is 3.07. The van der Waals surface area contributed by atoms with Crippen molar-refractivity contribution in [2.45, 2.75) is 19.8 Å². The highest BCUT2D eigenvalue weighted by molar-refractivity contribution is 5.67. The molecule has 0 unspecified atom stereocenters. The number of benzene rings is 1. The first-order valence-corrected chi connectivity index (χ1v) is 5.37. The fourth-order valence-electron chi connectivity index (χ4n) is 1.86. The van der Waals surface area contributed by atoms with Gasteiger partial charge in [-0.05, 0) is 18.1 Å². The number of ether oxygens (including phenoxy) is 1. The Hall–Kier alpha value is -1.91. The van der Waals surface area contributed by atoms with Crippen LogP contribution in [0.15, 0.2) is 18.5 Å². The maximum absolute atomic E-state index is 13.8. The maximum Gasteiger partial charge on any atom is 0.159 e. The molecule has 0 atom stereocenters. The van der Waals surface area contributed by atoms with Gasteiger partial charge in [0.2, 0.25) is 0 Å². The SMILES string of the molecule is COc1c(-c2ncn[nH]2)ccc(F)c1C(C)C.[HH]. The van der Waals surface area contributed by atoms with Crippen molar-refractivity contribution in [2.24, 2.45) is 0 Å². The zero-order valence-corrected chi connectivity index (χ0v) is 9.99. The minimum Gasteiger partial charge on any atom is -0.496 e. The van der Waals surface area contributed by atoms with E-state index in [0.717, 1.165) is 5.56 Å². The summed E-state index contributed by atoms with van der Waals surface area (Å²) < 4.78 is 19.1. The molecule has 1 aromatic heterocycles. The van der Waals surface area contributed by atoms with Gasteiger partial charge in [-0.25, -0.2) is 9.37 Å². The molecular weight excluding hydrogens is 221 g/mol. The van der Waals surface area contributed by atoms with Crippen LogP contribution in [0.2, 0.25) is 0 Å². The van der Waals surface area contributed by atoms with Gasteiger partial charge in [0.15, 0.2) is 5.82 Å². The van der Waals surface area contributed by atoms with Gasteiger partial charge in [0.1, 0.15) is 17.9 Å². The predicted molar refractivity (Wildman–Crippen MR) is 64.5 cm³/mol. The Kier molecular flexibility index (Phi) is 3.08. The number of hydrogen-bond acceptors (Lipinski definition) is 3. The minimum absolute atomic E-state index is 0. The van der Waals surface area contributed by atoms with Gasteiger partial charge in [-0.2, -0.15) is 5.10 Å². The third kappa shape index (κ3) is 2.00. The van der Waals surface area contributed by atoms with Gasteiger partial charge >= 0.3 is 0 Å². The van der Waals surface area contributed by atoms with Gasteiger partial charge in [0.25, 0.3) is 0 Å². The lowest BCUT2D eigenvalue weighted by atomic mass is 9.98. The lowest BCUT2D eigenvalue weighted by molar-refractivity contribution is 0.403. The fourth-order valence-corrected chi connectivity index (χ4v) is 1.86. The van der Waals surface area contributed by atoms with Crippen molar-refractivity contribution in [1.29, 1.82) is 0 Å². The van der Waals surface area contributed by atoms with Crippen LogP contribution in [0, 0.1) is 5.82 Å². The number of hydrogen-bond donors (Lipinski definition) is 1. The van der Waals surface area contributed by atoms with E-state index in [-0.39, 0.29) is 13.2 Å². The monoisotopic (exact) mass is 237 g/mol. The van der Waals surface area contributed by atoms with E-state index in [9.17, 15) is 4.39 Å². The van der Waals surface area contributed by atoms with E-state index >= 15 is 0 Å². The van der Waals surface area contributed by atoms with Gasteiger partial charge in [-0.3, -0.25) is 5.10 Å². The summed E-state index contributed by atoms with van der Waals surface area (Å²) >= 11 is 0. The van der Waals surface area contributed by atoms with Crippen molar-refractivity contribution in [3.8, 4) is 17.1 Å². The van der Waals surface area contributed by atoms with Crippen LogP contribution in [-0.2, 0) is 0 Å². The van der Waals surface area contributed by atoms with Crippen molar-refractivity contribution < 1.29 is 10.6 Å². The van der Waals surface area contributed by atoms with E-state index in [4.69, 9.17) is 4.74 Å². The molecule has 0 spiro atoms. The summed E-state index contributed by atoms with van der Waals surface area (Å²) in [4.78, 5) is 4.06. The number of rotatable bonds is 3. The van der Waals surface area contributed by atoms with E-state index in [1.165, 1.54) is 19.5 Å². The quantitative estimate of drug-likeness (QED) is 0.892. The van der Waals surface area contributed by atoms with E-state index in [0.29, 0.717) is 17.1 Å². The largest absolute Gasteiger partial charge is 0.496 e. The molecule has 0 aliphatic rings. The van der Waals surface area contributed by atoms with Crippen LogP contribution in [0.3, 0.4) is 0 Å². The third-order valence-corrected chi connectivity index (χ3v) is 2.59. The Bertz CT molecular complexity index is 514. The zero-order valence-electron chi connectivity index (χ0n) is 9.99. The molecule has 0 radical (unpaired) electrons. The van der Waals surface area contributed by atoms with Crippen molar-refractivity contribution in [2.75, 3.05) is 7.11 Å². The van der Waals surface area contributed by atoms with Crippen LogP contribution in [0.25, 0.3) is 11.4 Å². The van der Waals surface area contributed by atoms with Crippen molar-refractivity contribution in [1.82, 2.24) is 15.2 Å². The summed E-state index contributed by atoms with van der Waals surface area (Å²) in [5, 5.41) is 6.54. The summed E-state index contributed by atoms with van der Waals surface area (Å²) in [5.74, 6) is 0.855. The highest BCUT2D eigenvalue weighted by Gasteiger charge is 2.19. The van der Waals surface area contributed by atoms with Crippen LogP contribution >= 0.6 is 0 Å². The van der Waals surface area contributed by atoms with E-state index < -0.39 is 0 Å². The molecule has 0 bridgehead atoms. The molecule has 5 heteroatoms. The van der Waals surface area contributed by atoms with Crippen LogP contribution in [0.1, 0.15) is 26.8 Å². The van der Waals surface area contributed by atoms with Gasteiger partial charge in [0.05, 0.1) is 12.7 Å². The molecule has 0 aliphatic carbocycles. The van der Waals surface area contributed by atoms with Crippen molar-refractivity contribution in [3.63, 3.8) is 0 Å². The zero-order chi connectivity index (χ0) is 12.4. The standard InChI is InChI=1S/C12H14FN3O.H2/c1-7(2)10-9(13)5-4-8(11(10)17-3)12-14-6-15-16-12;/h4-7H,1-3H3,(H,14,15,16);1H. The molecule has 0 aliphatic heterocycles. The van der Waals surface area contributed by atoms with Gasteiger partial charge in [-0.1, -0.05) is 13.8 Å². The van der Waals surface area contributed by atoms with Crippen LogP contribution in [0.4, 0.5) is 4.39 Å². The first-order chi connectivity index (χ1) is 8.15. The third-order valence-electron chi connectivity index (χ3n) is 2.59. The summed E-state index contributed by atoms with van der Waals surface area (Å²) in [6.45, 7) is 3.84. The molecule has 1 aromatic carbocycles. The average Bonchev–Trinajstić information content (AvgIpc) is 2.81. The normalized spacial score (nSPS) is 10.9. The predicted octanol–water partition coefficient (Wildman–Crippen LogP) is 2.99. The van der Waals surface area contributed by atoms with Crippen molar-refractivity contribution in [3.05, 3.63) is 29.8 Å². The molecule has 2 aromatic rings. The molecule has 1 N–H and O–H groups in total. The number of aromatic amines is 1. The molecule has 1 heterocycles. The summed E-state index contributed by atoms with van der Waals surface area (Å²) in [7, 11) is 1.53. The molecule has 0 saturated carbocycles. The van der Waals surface area contributed by atoms with Crippen LogP contribution in [-0.4, -0.2) is 22.3 Å². The molecular formula is C12H16FN3O. The molecule has 92 valence electrons. The van der Waals surface area contributed by atoms with Crippen LogP contribution < -0.4 is 4.74 Å². The molecule has 4 nitrogen and oxygen atoms in total. The summed E-state index contributed by atoms with van der Waals surface area (Å²) in [6.07, 6.45) is 1.41. The molecule has 17 heavy (non-hydrogen) atoms. The Balaban J connectivity index is 0.00000162. The molecule has 0 saturated heterocycles. The Labute approximate surface area is 100 Å². The lowest BCUT2D eigenvalue weighted by Gasteiger charge is -2.15. The fraction of sp³-hybridized carbons (Fsp3) is 0.333. The topological polar surface area (TPSA) is 50.8 Å². The Morgan fingerprint density at radius 3 is 2.71 bits per heavy atom. The first kappa shape index (κ1) is 11.6. The second kappa shape index (κ2) is 4.53. The number of methoxy groups -OCH3 is 1. The van der Waals surface area contributed by atoms with E-state index in [2.05, 4.69) is 15.2 Å². The summed E-state index contributed by atoms with van der Waals surface area (Å²) in [5.41, 5.74) is 1.27. The Morgan fingerprint density at radius 1 is 1.41 bits per heavy atom. The van der Waals surface area contributed by atoms with E-state index in [1.54, 1.807) is 6.07 Å². The first-order valence-electron chi connectivity index (χ1n) is 5.37. The number of halogens is 1. The van der Waals surface area contributed by atoms with Gasteiger partial charge in [0, 0.05) is 6.99 Å². The Morgan fingerprint density at radius 2 is 2.18 bits per heavy atom. The highest BCUT2D eigenvalue weighted by atomic mass is 19.1. The average molecular weight is 237 g/mol. The molecule has 2 rings (SSSR count). The second-order valence-electron chi connectivity index (χ2n) is 4.03. The highest BCUT2D eigenvalue weighted by Crippen LogP contribution is 2.36. The number of nitrogens with one attached hydrogen (secondary N) is 1.